The van der Waals surface area contributed by atoms with Gasteiger partial charge in [-0.15, -0.1) is 4.91 Å². The first kappa shape index (κ1) is 9.03. The molecule has 0 saturated carbocycles. The lowest BCUT2D eigenvalue weighted by molar-refractivity contribution is -0.117. The van der Waals surface area contributed by atoms with E-state index in [-0.39, 0.29) is 11.5 Å². The van der Waals surface area contributed by atoms with Crippen LogP contribution in [0.25, 0.3) is 0 Å². The standard InChI is InChI=1S/C5H9N2O3/c1-2-3-5(6-9)7(10)4-8/h4-5H,2-3H2,1H3/q-1. The van der Waals surface area contributed by atoms with Gasteiger partial charge in [0.1, 0.15) is 0 Å². The Bertz CT molecular complexity index is 117. The Morgan fingerprint density at radius 3 is 2.70 bits per heavy atom. The van der Waals surface area contributed by atoms with Gasteiger partial charge in [-0.1, -0.05) is 13.3 Å². The van der Waals surface area contributed by atoms with E-state index in [1.54, 1.807) is 6.92 Å². The van der Waals surface area contributed by atoms with Crippen molar-refractivity contribution < 1.29 is 4.79 Å². The fourth-order valence-corrected chi connectivity index (χ4v) is 0.555. The molecule has 0 aromatic carbocycles. The summed E-state index contributed by atoms with van der Waals surface area (Å²) in [6.07, 6.45) is -0.00120. The highest BCUT2D eigenvalue weighted by atomic mass is 16.5. The summed E-state index contributed by atoms with van der Waals surface area (Å²) in [6, 6.07) is 0. The van der Waals surface area contributed by atoms with Gasteiger partial charge < -0.3 is 10.3 Å². The van der Waals surface area contributed by atoms with Gasteiger partial charge in [0.25, 0.3) is 0 Å². The number of carbonyl (C=O) groups excluding carboxylic acids is 1. The molecule has 0 aliphatic rings. The number of carbonyl (C=O) groups is 1. The van der Waals surface area contributed by atoms with Crippen LogP contribution < -0.4 is 0 Å². The van der Waals surface area contributed by atoms with Crippen molar-refractivity contribution in [3.05, 3.63) is 10.1 Å². The molecule has 0 spiro atoms. The van der Waals surface area contributed by atoms with Crippen molar-refractivity contribution in [3.8, 4) is 0 Å². The number of hydroxylamine groups is 2. The summed E-state index contributed by atoms with van der Waals surface area (Å²) in [5.41, 5.74) is 0. The Morgan fingerprint density at radius 1 is 1.80 bits per heavy atom. The maximum Gasteiger partial charge on any atom is 0.200 e. The molecule has 0 aliphatic heterocycles. The molecule has 5 nitrogen and oxygen atoms in total. The number of rotatable bonds is 5. The Labute approximate surface area is 58.6 Å². The third kappa shape index (κ3) is 2.54. The van der Waals surface area contributed by atoms with Gasteiger partial charge in [-0.3, -0.25) is 4.79 Å². The van der Waals surface area contributed by atoms with Crippen LogP contribution in [0.15, 0.2) is 5.18 Å². The van der Waals surface area contributed by atoms with Crippen LogP contribution in [0.1, 0.15) is 19.8 Å². The average Bonchev–Trinajstić information content (AvgIpc) is 1.99. The molecule has 0 fully saturated rings. The van der Waals surface area contributed by atoms with Crippen LogP contribution >= 0.6 is 0 Å². The number of nitrogens with zero attached hydrogens (tertiary/aromatic N) is 2. The lowest BCUT2D eigenvalue weighted by atomic mass is 10.3. The van der Waals surface area contributed by atoms with E-state index < -0.39 is 6.17 Å². The molecule has 0 aromatic rings. The topological polar surface area (TPSA) is 72.8 Å². The van der Waals surface area contributed by atoms with Crippen molar-refractivity contribution in [1.82, 2.24) is 5.06 Å². The zero-order chi connectivity index (χ0) is 7.98. The van der Waals surface area contributed by atoms with Crippen molar-refractivity contribution >= 4 is 6.41 Å². The summed E-state index contributed by atoms with van der Waals surface area (Å²) in [5.74, 6) is 0. The number of hydrogen-bond donors (Lipinski definition) is 0. The van der Waals surface area contributed by atoms with Crippen molar-refractivity contribution in [1.29, 1.82) is 0 Å². The third-order valence-electron chi connectivity index (χ3n) is 1.07. The number of nitroso groups, excluding NO2 is 1. The molecular weight excluding hydrogens is 136 g/mol. The molecule has 1 amide bonds. The molecular formula is C5H9N2O3-. The van der Waals surface area contributed by atoms with Crippen LogP contribution in [-0.2, 0) is 4.79 Å². The molecule has 1 unspecified atom stereocenters. The minimum absolute atomic E-state index is 0.0243. The first-order chi connectivity index (χ1) is 4.76. The van der Waals surface area contributed by atoms with Crippen LogP contribution in [-0.4, -0.2) is 17.6 Å². The predicted molar refractivity (Wildman–Crippen MR) is 35.8 cm³/mol. The van der Waals surface area contributed by atoms with Crippen molar-refractivity contribution in [2.75, 3.05) is 0 Å². The molecule has 0 rings (SSSR count). The Hall–Kier alpha value is -0.970. The Morgan fingerprint density at radius 2 is 2.40 bits per heavy atom. The first-order valence-electron chi connectivity index (χ1n) is 2.99. The molecule has 0 aliphatic carbocycles. The summed E-state index contributed by atoms with van der Waals surface area (Å²) in [4.78, 5) is 19.6. The molecule has 0 heterocycles. The van der Waals surface area contributed by atoms with Gasteiger partial charge in [-0.05, 0) is 11.6 Å². The summed E-state index contributed by atoms with van der Waals surface area (Å²) in [6.45, 7) is 1.80. The van der Waals surface area contributed by atoms with Crippen molar-refractivity contribution in [2.45, 2.75) is 25.9 Å². The molecule has 0 bridgehead atoms. The maximum absolute atomic E-state index is 10.4. The fourth-order valence-electron chi connectivity index (χ4n) is 0.555. The van der Waals surface area contributed by atoms with E-state index in [1.165, 1.54) is 0 Å². The quantitative estimate of drug-likeness (QED) is 0.327. The minimum Gasteiger partial charge on any atom is -0.755 e. The average molecular weight is 145 g/mol. The molecule has 0 saturated heterocycles. The predicted octanol–water partition coefficient (Wildman–Crippen LogP) is 0.835. The highest BCUT2D eigenvalue weighted by Crippen LogP contribution is 2.03. The van der Waals surface area contributed by atoms with Crippen molar-refractivity contribution in [3.63, 3.8) is 0 Å². The lowest BCUT2D eigenvalue weighted by Crippen LogP contribution is -2.26. The highest BCUT2D eigenvalue weighted by Gasteiger charge is 2.06. The molecule has 5 heteroatoms. The fraction of sp³-hybridized carbons (Fsp3) is 0.800. The lowest BCUT2D eigenvalue weighted by Gasteiger charge is -2.26. The molecule has 58 valence electrons. The SMILES string of the molecule is CCCC(N=O)N([O-])C=O. The molecule has 1 atom stereocenters. The van der Waals surface area contributed by atoms with E-state index in [0.717, 1.165) is 0 Å². The maximum atomic E-state index is 10.4. The van der Waals surface area contributed by atoms with Crippen LogP contribution in [0.5, 0.6) is 0 Å². The van der Waals surface area contributed by atoms with E-state index in [9.17, 15) is 14.9 Å². The van der Waals surface area contributed by atoms with Gasteiger partial charge in [-0.25, -0.2) is 0 Å². The van der Waals surface area contributed by atoms with Gasteiger partial charge in [0.2, 0.25) is 6.41 Å². The normalized spacial score (nSPS) is 12.2. The van der Waals surface area contributed by atoms with Gasteiger partial charge >= 0.3 is 0 Å². The van der Waals surface area contributed by atoms with E-state index in [2.05, 4.69) is 5.18 Å². The van der Waals surface area contributed by atoms with Gasteiger partial charge in [0, 0.05) is 0 Å². The first-order valence-corrected chi connectivity index (χ1v) is 2.99. The minimum atomic E-state index is -1.04. The monoisotopic (exact) mass is 145 g/mol. The van der Waals surface area contributed by atoms with Gasteiger partial charge in [0.15, 0.2) is 6.17 Å². The van der Waals surface area contributed by atoms with Crippen molar-refractivity contribution in [2.24, 2.45) is 5.18 Å². The van der Waals surface area contributed by atoms with Crippen LogP contribution in [0.4, 0.5) is 0 Å². The third-order valence-corrected chi connectivity index (χ3v) is 1.07. The summed E-state index contributed by atoms with van der Waals surface area (Å²) in [5, 5.41) is 12.9. The zero-order valence-electron chi connectivity index (χ0n) is 5.69. The summed E-state index contributed by atoms with van der Waals surface area (Å²) < 4.78 is 0. The molecule has 0 radical (unpaired) electrons. The second kappa shape index (κ2) is 4.87. The Kier molecular flexibility index (Phi) is 4.39. The largest absolute Gasteiger partial charge is 0.755 e. The number of hydrogen-bond acceptors (Lipinski definition) is 4. The van der Waals surface area contributed by atoms with Gasteiger partial charge in [0.05, 0.1) is 0 Å². The van der Waals surface area contributed by atoms with Crippen LogP contribution in [0.3, 0.4) is 0 Å². The van der Waals surface area contributed by atoms with Crippen LogP contribution in [0, 0.1) is 10.1 Å². The summed E-state index contributed by atoms with van der Waals surface area (Å²) >= 11 is 0. The molecule has 10 heavy (non-hydrogen) atoms. The second-order valence-electron chi connectivity index (χ2n) is 1.84. The number of amides is 1. The Balaban J connectivity index is 3.78. The van der Waals surface area contributed by atoms with E-state index in [4.69, 9.17) is 0 Å². The molecule has 0 N–H and O–H groups in total. The second-order valence-corrected chi connectivity index (χ2v) is 1.84. The highest BCUT2D eigenvalue weighted by molar-refractivity contribution is 5.48. The van der Waals surface area contributed by atoms with E-state index in [1.807, 2.05) is 0 Å². The zero-order valence-corrected chi connectivity index (χ0v) is 5.69. The summed E-state index contributed by atoms with van der Waals surface area (Å²) in [7, 11) is 0. The van der Waals surface area contributed by atoms with E-state index >= 15 is 0 Å². The van der Waals surface area contributed by atoms with E-state index in [0.29, 0.717) is 12.8 Å². The smallest absolute Gasteiger partial charge is 0.200 e. The van der Waals surface area contributed by atoms with Crippen LogP contribution in [0.2, 0.25) is 0 Å². The molecule has 0 aromatic heterocycles. The van der Waals surface area contributed by atoms with Gasteiger partial charge in [-0.2, -0.15) is 0 Å².